The van der Waals surface area contributed by atoms with Gasteiger partial charge in [-0.3, -0.25) is 24.6 Å². The Kier molecular flexibility index (Phi) is 8.07. The van der Waals surface area contributed by atoms with Crippen molar-refractivity contribution in [3.63, 3.8) is 0 Å². The molecule has 3 aromatic rings. The van der Waals surface area contributed by atoms with Crippen LogP contribution in [-0.2, 0) is 17.5 Å². The number of rotatable bonds is 6. The number of nitro groups is 1. The van der Waals surface area contributed by atoms with Gasteiger partial charge in [-0.2, -0.15) is 13.2 Å². The average Bonchev–Trinajstić information content (AvgIpc) is 3.09. The Morgan fingerprint density at radius 3 is 2.32 bits per heavy atom. The van der Waals surface area contributed by atoms with E-state index in [9.17, 15) is 32.9 Å². The fourth-order valence-corrected chi connectivity index (χ4v) is 5.19. The fourth-order valence-electron chi connectivity index (χ4n) is 3.36. The molecule has 38 heavy (non-hydrogen) atoms. The lowest BCUT2D eigenvalue weighted by molar-refractivity contribution is -0.385. The smallest absolute Gasteiger partial charge is 0.416 e. The molecule has 0 N–H and O–H groups in total. The highest BCUT2D eigenvalue weighted by Crippen LogP contribution is 2.40. The molecule has 1 heterocycles. The number of thioether (sulfide) groups is 1. The molecule has 0 atom stereocenters. The van der Waals surface area contributed by atoms with Crippen LogP contribution in [0.4, 0.5) is 23.7 Å². The number of carbonyl (C=O) groups excluding carboxylic acids is 2. The zero-order chi connectivity index (χ0) is 27.8. The summed E-state index contributed by atoms with van der Waals surface area (Å²) in [6, 6.07) is 11.2. The van der Waals surface area contributed by atoms with E-state index in [0.717, 1.165) is 22.7 Å². The molecule has 7 nitrogen and oxygen atoms in total. The van der Waals surface area contributed by atoms with Crippen LogP contribution >= 0.6 is 50.9 Å². The first-order valence-corrected chi connectivity index (χ1v) is 12.7. The Labute approximate surface area is 235 Å². The topological polar surface area (TPSA) is 89.7 Å². The predicted molar refractivity (Wildman–Crippen MR) is 140 cm³/mol. The first-order chi connectivity index (χ1) is 17.8. The molecule has 1 saturated heterocycles. The molecule has 1 aliphatic heterocycles. The Morgan fingerprint density at radius 1 is 1.05 bits per heavy atom. The van der Waals surface area contributed by atoms with Crippen molar-refractivity contribution in [3.05, 3.63) is 101 Å². The first kappa shape index (κ1) is 28.0. The van der Waals surface area contributed by atoms with Gasteiger partial charge in [0.1, 0.15) is 5.75 Å². The minimum absolute atomic E-state index is 0.0754. The van der Waals surface area contributed by atoms with Gasteiger partial charge in [-0.25, -0.2) is 0 Å². The molecular weight excluding hydrogens is 636 g/mol. The third-order valence-electron chi connectivity index (χ3n) is 5.21. The van der Waals surface area contributed by atoms with Gasteiger partial charge in [0.05, 0.1) is 26.4 Å². The van der Waals surface area contributed by atoms with Crippen molar-refractivity contribution >= 4 is 73.8 Å². The number of alkyl halides is 3. The number of nitro benzene ring substituents is 1. The summed E-state index contributed by atoms with van der Waals surface area (Å²) in [5.41, 5.74) is -1.13. The van der Waals surface area contributed by atoms with Crippen molar-refractivity contribution in [2.45, 2.75) is 12.7 Å². The van der Waals surface area contributed by atoms with Crippen LogP contribution in [0.3, 0.4) is 0 Å². The van der Waals surface area contributed by atoms with E-state index in [2.05, 4.69) is 15.9 Å². The van der Waals surface area contributed by atoms with E-state index < -0.39 is 39.2 Å². The number of hydrogen-bond donors (Lipinski definition) is 0. The van der Waals surface area contributed by atoms with Gasteiger partial charge in [0.2, 0.25) is 5.75 Å². The summed E-state index contributed by atoms with van der Waals surface area (Å²) in [6.45, 7) is -0.108. The van der Waals surface area contributed by atoms with Crippen LogP contribution in [0, 0.1) is 10.1 Å². The van der Waals surface area contributed by atoms with Crippen molar-refractivity contribution in [2.75, 3.05) is 0 Å². The standard InChI is InChI=1S/C24H12BrCl2F3N2O5S/c25-15-8-12(4-6-19(15)37-20-7-5-13(24(28,29)30)10-18(20)32(35)36)9-21-22(33)31(23(34)38-21)11-14-16(26)2-1-3-17(14)27/h1-10H,11H2/b21-9-. The molecular formula is C24H12BrCl2F3N2O5S. The van der Waals surface area contributed by atoms with E-state index in [1.807, 2.05) is 0 Å². The van der Waals surface area contributed by atoms with E-state index >= 15 is 0 Å². The Morgan fingerprint density at radius 2 is 1.71 bits per heavy atom. The number of hydrogen-bond acceptors (Lipinski definition) is 6. The molecule has 0 radical (unpaired) electrons. The van der Waals surface area contributed by atoms with E-state index in [-0.39, 0.29) is 17.2 Å². The van der Waals surface area contributed by atoms with Crippen molar-refractivity contribution < 1.29 is 32.4 Å². The molecule has 14 heteroatoms. The lowest BCUT2D eigenvalue weighted by Gasteiger charge is -2.14. The van der Waals surface area contributed by atoms with E-state index in [1.165, 1.54) is 24.3 Å². The number of carbonyl (C=O) groups is 2. The van der Waals surface area contributed by atoms with Crippen LogP contribution in [0.15, 0.2) is 64.0 Å². The van der Waals surface area contributed by atoms with Crippen LogP contribution in [0.2, 0.25) is 10.0 Å². The number of nitrogens with zero attached hydrogens (tertiary/aromatic N) is 2. The molecule has 3 aromatic carbocycles. The quantitative estimate of drug-likeness (QED) is 0.151. The largest absolute Gasteiger partial charge is 0.449 e. The summed E-state index contributed by atoms with van der Waals surface area (Å²) in [6.07, 6.45) is -3.29. The Hall–Kier alpha value is -3.06. The van der Waals surface area contributed by atoms with Crippen molar-refractivity contribution in [1.29, 1.82) is 0 Å². The maximum atomic E-state index is 12.9. The number of imide groups is 1. The molecule has 196 valence electrons. The van der Waals surface area contributed by atoms with Gasteiger partial charge in [-0.15, -0.1) is 0 Å². The lowest BCUT2D eigenvalue weighted by atomic mass is 10.1. The molecule has 0 aliphatic carbocycles. The van der Waals surface area contributed by atoms with E-state index in [0.29, 0.717) is 37.8 Å². The lowest BCUT2D eigenvalue weighted by Crippen LogP contribution is -2.27. The van der Waals surface area contributed by atoms with E-state index in [1.54, 1.807) is 18.2 Å². The number of amides is 2. The van der Waals surface area contributed by atoms with Gasteiger partial charge >= 0.3 is 11.9 Å². The van der Waals surface area contributed by atoms with Crippen LogP contribution in [0.1, 0.15) is 16.7 Å². The summed E-state index contributed by atoms with van der Waals surface area (Å²) < 4.78 is 44.6. The maximum Gasteiger partial charge on any atom is 0.416 e. The van der Waals surface area contributed by atoms with Crippen molar-refractivity contribution in [2.24, 2.45) is 0 Å². The number of halogens is 6. The van der Waals surface area contributed by atoms with Gasteiger partial charge in [-0.05, 0) is 75.7 Å². The van der Waals surface area contributed by atoms with Gasteiger partial charge in [0.25, 0.3) is 11.1 Å². The molecule has 2 amide bonds. The summed E-state index contributed by atoms with van der Waals surface area (Å²) in [4.78, 5) is 36.9. The fraction of sp³-hybridized carbons (Fsp3) is 0.0833. The third kappa shape index (κ3) is 5.98. The maximum absolute atomic E-state index is 12.9. The molecule has 0 saturated carbocycles. The Bertz CT molecular complexity index is 1500. The molecule has 0 spiro atoms. The van der Waals surface area contributed by atoms with Gasteiger partial charge in [-0.1, -0.05) is 35.3 Å². The zero-order valence-electron chi connectivity index (χ0n) is 18.6. The summed E-state index contributed by atoms with van der Waals surface area (Å²) >= 11 is 16.3. The molecule has 0 bridgehead atoms. The molecule has 1 aliphatic rings. The second kappa shape index (κ2) is 11.0. The molecule has 0 unspecified atom stereocenters. The highest BCUT2D eigenvalue weighted by molar-refractivity contribution is 9.10. The summed E-state index contributed by atoms with van der Waals surface area (Å²) in [5.74, 6) is -0.866. The first-order valence-electron chi connectivity index (χ1n) is 10.4. The zero-order valence-corrected chi connectivity index (χ0v) is 22.5. The van der Waals surface area contributed by atoms with Crippen molar-refractivity contribution in [1.82, 2.24) is 4.90 Å². The summed E-state index contributed by atoms with van der Waals surface area (Å²) in [5, 5.41) is 11.4. The van der Waals surface area contributed by atoms with Crippen LogP contribution < -0.4 is 4.74 Å². The third-order valence-corrected chi connectivity index (χ3v) is 7.44. The normalized spacial score (nSPS) is 14.9. The SMILES string of the molecule is O=C1S/C(=C\c2ccc(Oc3ccc(C(F)(F)F)cc3[N+](=O)[O-])c(Br)c2)C(=O)N1Cc1c(Cl)cccc1Cl. The summed E-state index contributed by atoms with van der Waals surface area (Å²) in [7, 11) is 0. The van der Waals surface area contributed by atoms with Crippen LogP contribution in [0.5, 0.6) is 11.5 Å². The molecule has 1 fully saturated rings. The van der Waals surface area contributed by atoms with Gasteiger partial charge < -0.3 is 4.74 Å². The van der Waals surface area contributed by atoms with Crippen LogP contribution in [-0.4, -0.2) is 21.0 Å². The Balaban J connectivity index is 1.55. The minimum atomic E-state index is -4.76. The number of benzene rings is 3. The monoisotopic (exact) mass is 646 g/mol. The van der Waals surface area contributed by atoms with Crippen LogP contribution in [0.25, 0.3) is 6.08 Å². The van der Waals surface area contributed by atoms with Gasteiger partial charge in [0.15, 0.2) is 0 Å². The number of ether oxygens (including phenoxy) is 1. The highest BCUT2D eigenvalue weighted by atomic mass is 79.9. The molecule has 4 rings (SSSR count). The highest BCUT2D eigenvalue weighted by Gasteiger charge is 2.36. The van der Waals surface area contributed by atoms with Gasteiger partial charge in [0, 0.05) is 21.7 Å². The second-order valence-corrected chi connectivity index (χ2v) is 10.4. The van der Waals surface area contributed by atoms with E-state index in [4.69, 9.17) is 27.9 Å². The predicted octanol–water partition coefficient (Wildman–Crippen LogP) is 8.71. The average molecular weight is 648 g/mol. The second-order valence-electron chi connectivity index (χ2n) is 7.70. The minimum Gasteiger partial charge on any atom is -0.449 e. The molecule has 0 aromatic heterocycles. The van der Waals surface area contributed by atoms with Crippen molar-refractivity contribution in [3.8, 4) is 11.5 Å².